The third kappa shape index (κ3) is 5.99. The summed E-state index contributed by atoms with van der Waals surface area (Å²) in [4.78, 5) is 6.43. The highest BCUT2D eigenvalue weighted by Crippen LogP contribution is 2.39. The van der Waals surface area contributed by atoms with Gasteiger partial charge >= 0.3 is 6.18 Å². The Hall–Kier alpha value is -2.64. The first-order valence-corrected chi connectivity index (χ1v) is 13.8. The highest BCUT2D eigenvalue weighted by Gasteiger charge is 2.51. The lowest BCUT2D eigenvalue weighted by Crippen LogP contribution is -2.57. The van der Waals surface area contributed by atoms with Crippen molar-refractivity contribution in [3.63, 3.8) is 0 Å². The molecule has 0 saturated carbocycles. The number of sulfonamides is 1. The summed E-state index contributed by atoms with van der Waals surface area (Å²) in [6, 6.07) is 8.67. The van der Waals surface area contributed by atoms with E-state index in [0.29, 0.717) is 23.9 Å². The molecule has 0 bridgehead atoms. The molecule has 0 spiro atoms. The van der Waals surface area contributed by atoms with Gasteiger partial charge in [0.2, 0.25) is 10.0 Å². The topological polar surface area (TPSA) is 83.0 Å². The Kier molecular flexibility index (Phi) is 8.38. The summed E-state index contributed by atoms with van der Waals surface area (Å²) in [6.45, 7) is 1.67. The first-order chi connectivity index (χ1) is 17.9. The Morgan fingerprint density at radius 2 is 1.92 bits per heavy atom. The summed E-state index contributed by atoms with van der Waals surface area (Å²) in [5, 5.41) is 10.0. The minimum Gasteiger partial charge on any atom is -0.376 e. The maximum absolute atomic E-state index is 13.4. The molecule has 0 radical (unpaired) electrons. The Bertz CT molecular complexity index is 1310. The number of nitrogens with zero attached hydrogens (tertiary/aromatic N) is 3. The van der Waals surface area contributed by atoms with Gasteiger partial charge in [0, 0.05) is 49.0 Å². The number of halogens is 3. The SMILES string of the molecule is CC(O)(c1ccc(N2CCN(S(=O)(=O)C3=CC=CCC3=S)CC2COCc2cccnc2)cc1)C(F)(F)F. The van der Waals surface area contributed by atoms with Gasteiger partial charge in [-0.15, -0.1) is 0 Å². The Balaban J connectivity index is 1.56. The molecule has 2 unspecified atom stereocenters. The van der Waals surface area contributed by atoms with E-state index in [-0.39, 0.29) is 43.3 Å². The lowest BCUT2D eigenvalue weighted by atomic mass is 9.95. The largest absolute Gasteiger partial charge is 0.421 e. The van der Waals surface area contributed by atoms with Gasteiger partial charge in [0.05, 0.1) is 24.2 Å². The first-order valence-electron chi connectivity index (χ1n) is 11.9. The molecule has 12 heteroatoms. The van der Waals surface area contributed by atoms with Crippen molar-refractivity contribution in [1.82, 2.24) is 9.29 Å². The van der Waals surface area contributed by atoms with Crippen LogP contribution in [0.5, 0.6) is 0 Å². The van der Waals surface area contributed by atoms with Gasteiger partial charge in [0.1, 0.15) is 0 Å². The fourth-order valence-electron chi connectivity index (χ4n) is 4.36. The van der Waals surface area contributed by atoms with Crippen molar-refractivity contribution in [2.45, 2.75) is 37.8 Å². The minimum absolute atomic E-state index is 0.0983. The molecule has 2 aliphatic rings. The van der Waals surface area contributed by atoms with Crippen LogP contribution < -0.4 is 4.90 Å². The van der Waals surface area contributed by atoms with Gasteiger partial charge < -0.3 is 14.7 Å². The van der Waals surface area contributed by atoms with Crippen LogP contribution in [0.15, 0.2) is 71.9 Å². The predicted octanol–water partition coefficient (Wildman–Crippen LogP) is 4.10. The number of aliphatic hydroxyl groups is 1. The van der Waals surface area contributed by atoms with E-state index in [1.807, 2.05) is 11.0 Å². The van der Waals surface area contributed by atoms with Crippen molar-refractivity contribution in [2.75, 3.05) is 31.1 Å². The van der Waals surface area contributed by atoms with Crippen LogP contribution in [0.3, 0.4) is 0 Å². The van der Waals surface area contributed by atoms with E-state index in [1.165, 1.54) is 34.6 Å². The maximum Gasteiger partial charge on any atom is 0.421 e. The van der Waals surface area contributed by atoms with Crippen LogP contribution in [0.1, 0.15) is 24.5 Å². The number of benzene rings is 1. The number of anilines is 1. The van der Waals surface area contributed by atoms with Crippen molar-refractivity contribution in [3.8, 4) is 0 Å². The van der Waals surface area contributed by atoms with Crippen LogP contribution in [0.25, 0.3) is 0 Å². The van der Waals surface area contributed by atoms with Gasteiger partial charge in [-0.1, -0.05) is 42.6 Å². The van der Waals surface area contributed by atoms with Gasteiger partial charge in [-0.25, -0.2) is 8.42 Å². The summed E-state index contributed by atoms with van der Waals surface area (Å²) in [6.07, 6.45) is 3.84. The van der Waals surface area contributed by atoms with Gasteiger partial charge in [0.15, 0.2) is 5.60 Å². The van der Waals surface area contributed by atoms with Crippen molar-refractivity contribution >= 4 is 32.8 Å². The zero-order valence-electron chi connectivity index (χ0n) is 20.6. The van der Waals surface area contributed by atoms with Gasteiger partial charge in [-0.3, -0.25) is 4.98 Å². The van der Waals surface area contributed by atoms with E-state index in [1.54, 1.807) is 30.6 Å². The van der Waals surface area contributed by atoms with Crippen LogP contribution >= 0.6 is 12.2 Å². The molecule has 2 aromatic rings. The molecule has 1 aliphatic heterocycles. The number of hydrogen-bond donors (Lipinski definition) is 1. The Morgan fingerprint density at radius 3 is 2.55 bits per heavy atom. The van der Waals surface area contributed by atoms with E-state index < -0.39 is 27.8 Å². The highest BCUT2D eigenvalue weighted by atomic mass is 32.2. The van der Waals surface area contributed by atoms with E-state index in [2.05, 4.69) is 4.98 Å². The molecule has 2 atom stereocenters. The van der Waals surface area contributed by atoms with Crippen molar-refractivity contribution in [1.29, 1.82) is 0 Å². The minimum atomic E-state index is -4.83. The monoisotopic (exact) mass is 567 g/mol. The fraction of sp³-hybridized carbons (Fsp3) is 0.385. The lowest BCUT2D eigenvalue weighted by molar-refractivity contribution is -0.258. The van der Waals surface area contributed by atoms with E-state index >= 15 is 0 Å². The van der Waals surface area contributed by atoms with Gasteiger partial charge in [-0.2, -0.15) is 17.5 Å². The average Bonchev–Trinajstić information content (AvgIpc) is 2.89. The molecular formula is C26H28F3N3O4S2. The number of ether oxygens (including phenoxy) is 1. The number of allylic oxidation sites excluding steroid dienone is 4. The molecule has 1 N–H and O–H groups in total. The predicted molar refractivity (Wildman–Crippen MR) is 142 cm³/mol. The standard InChI is InChI=1S/C26H28F3N3O4S2/c1-25(33,26(27,28)29)20-8-10-21(11-9-20)32-14-13-31(38(34,35)24-7-3-2-6-23(24)37)16-22(32)18-36-17-19-5-4-12-30-15-19/h2-5,7-12,15,22,33H,6,13-14,16-18H2,1H3. The molecule has 204 valence electrons. The van der Waals surface area contributed by atoms with Crippen molar-refractivity contribution in [2.24, 2.45) is 0 Å². The molecule has 1 aliphatic carbocycles. The summed E-state index contributed by atoms with van der Waals surface area (Å²) in [5.41, 5.74) is -1.84. The zero-order chi connectivity index (χ0) is 27.6. The summed E-state index contributed by atoms with van der Waals surface area (Å²) in [5.74, 6) is 0. The molecule has 2 heterocycles. The number of alkyl halides is 3. The number of rotatable bonds is 8. The zero-order valence-corrected chi connectivity index (χ0v) is 22.3. The van der Waals surface area contributed by atoms with Gasteiger partial charge in [-0.05, 0) is 42.3 Å². The van der Waals surface area contributed by atoms with Crippen LogP contribution in [-0.4, -0.2) is 66.1 Å². The summed E-state index contributed by atoms with van der Waals surface area (Å²) < 4.78 is 74.0. The van der Waals surface area contributed by atoms with Crippen LogP contribution in [0.2, 0.25) is 0 Å². The Labute approximate surface area is 225 Å². The molecule has 38 heavy (non-hydrogen) atoms. The third-order valence-electron chi connectivity index (χ3n) is 6.64. The number of hydrogen-bond acceptors (Lipinski definition) is 7. The number of aromatic nitrogens is 1. The summed E-state index contributed by atoms with van der Waals surface area (Å²) in [7, 11) is -3.84. The van der Waals surface area contributed by atoms with Crippen LogP contribution in [0.4, 0.5) is 18.9 Å². The van der Waals surface area contributed by atoms with Crippen LogP contribution in [-0.2, 0) is 27.0 Å². The number of thiocarbonyl (C=S) groups is 1. The quantitative estimate of drug-likeness (QED) is 0.481. The fourth-order valence-corrected chi connectivity index (χ4v) is 6.43. The second-order valence-corrected chi connectivity index (χ2v) is 11.7. The smallest absolute Gasteiger partial charge is 0.376 e. The molecule has 1 fully saturated rings. The second kappa shape index (κ2) is 11.2. The molecular weight excluding hydrogens is 539 g/mol. The number of piperazine rings is 1. The number of pyridine rings is 1. The average molecular weight is 568 g/mol. The summed E-state index contributed by atoms with van der Waals surface area (Å²) >= 11 is 5.30. The molecule has 7 nitrogen and oxygen atoms in total. The molecule has 1 aromatic carbocycles. The highest BCUT2D eigenvalue weighted by molar-refractivity contribution is 7.96. The van der Waals surface area contributed by atoms with Crippen LogP contribution in [0, 0.1) is 0 Å². The van der Waals surface area contributed by atoms with Gasteiger partial charge in [0.25, 0.3) is 0 Å². The van der Waals surface area contributed by atoms with Crippen molar-refractivity contribution < 1.29 is 31.4 Å². The van der Waals surface area contributed by atoms with Crippen molar-refractivity contribution in [3.05, 3.63) is 83.1 Å². The molecule has 0 amide bonds. The lowest BCUT2D eigenvalue weighted by Gasteiger charge is -2.42. The second-order valence-electron chi connectivity index (χ2n) is 9.29. The van der Waals surface area contributed by atoms with E-state index in [0.717, 1.165) is 5.56 Å². The normalized spacial score (nSPS) is 20.8. The molecule has 1 aromatic heterocycles. The van der Waals surface area contributed by atoms with E-state index in [9.17, 15) is 26.7 Å². The maximum atomic E-state index is 13.4. The Morgan fingerprint density at radius 1 is 1.18 bits per heavy atom. The molecule has 4 rings (SSSR count). The molecule has 1 saturated heterocycles. The third-order valence-corrected chi connectivity index (χ3v) is 9.11. The van der Waals surface area contributed by atoms with E-state index in [4.69, 9.17) is 17.0 Å². The first kappa shape index (κ1) is 28.4.